The molecule has 1 aromatic rings. The van der Waals surface area contributed by atoms with Gasteiger partial charge in [0, 0.05) is 25.0 Å². The lowest BCUT2D eigenvalue weighted by molar-refractivity contribution is 0.151. The molecule has 1 spiro atoms. The van der Waals surface area contributed by atoms with Gasteiger partial charge < -0.3 is 10.2 Å². The fourth-order valence-electron chi connectivity index (χ4n) is 3.37. The molecule has 6 heteroatoms. The first-order valence-corrected chi connectivity index (χ1v) is 9.09. The molecule has 2 heterocycles. The number of thiazole rings is 1. The lowest BCUT2D eigenvalue weighted by Gasteiger charge is -2.38. The van der Waals surface area contributed by atoms with E-state index in [0.29, 0.717) is 12.0 Å². The maximum atomic E-state index is 4.81. The second-order valence-corrected chi connectivity index (χ2v) is 7.22. The molecule has 2 fully saturated rings. The van der Waals surface area contributed by atoms with E-state index in [2.05, 4.69) is 34.4 Å². The number of nitrogens with one attached hydrogen (secondary N) is 1. The SMILES string of the molecule is CCNC(=NCc1csc(CC)n1)N1CCC2(CCC2)C1.I. The topological polar surface area (TPSA) is 40.5 Å². The van der Waals surface area contributed by atoms with E-state index in [0.717, 1.165) is 31.2 Å². The average molecular weight is 434 g/mol. The molecule has 0 amide bonds. The molecule has 1 saturated heterocycles. The maximum Gasteiger partial charge on any atom is 0.194 e. The monoisotopic (exact) mass is 434 g/mol. The summed E-state index contributed by atoms with van der Waals surface area (Å²) >= 11 is 1.74. The summed E-state index contributed by atoms with van der Waals surface area (Å²) in [5.74, 6) is 1.08. The number of guanidine groups is 1. The van der Waals surface area contributed by atoms with Crippen molar-refractivity contribution in [3.05, 3.63) is 16.1 Å². The minimum Gasteiger partial charge on any atom is -0.357 e. The third kappa shape index (κ3) is 3.93. The van der Waals surface area contributed by atoms with Crippen LogP contribution in [0.15, 0.2) is 10.4 Å². The molecule has 1 N–H and O–H groups in total. The molecular formula is C16H27IN4S. The summed E-state index contributed by atoms with van der Waals surface area (Å²) in [6, 6.07) is 0. The molecule has 0 atom stereocenters. The Kier molecular flexibility index (Phi) is 6.49. The van der Waals surface area contributed by atoms with E-state index < -0.39 is 0 Å². The van der Waals surface area contributed by atoms with Gasteiger partial charge in [0.15, 0.2) is 5.96 Å². The van der Waals surface area contributed by atoms with Gasteiger partial charge in [-0.3, -0.25) is 0 Å². The highest BCUT2D eigenvalue weighted by atomic mass is 127. The van der Waals surface area contributed by atoms with Crippen LogP contribution in [0.1, 0.15) is 50.2 Å². The number of aromatic nitrogens is 1. The Morgan fingerprint density at radius 3 is 2.77 bits per heavy atom. The number of aliphatic imine (C=N–C) groups is 1. The second kappa shape index (κ2) is 7.95. The molecule has 2 aliphatic rings. The minimum absolute atomic E-state index is 0. The maximum absolute atomic E-state index is 4.81. The number of nitrogens with zero attached hydrogens (tertiary/aromatic N) is 3. The van der Waals surface area contributed by atoms with Crippen molar-refractivity contribution in [1.29, 1.82) is 0 Å². The number of aryl methyl sites for hydroxylation is 1. The number of rotatable bonds is 4. The third-order valence-electron chi connectivity index (χ3n) is 4.78. The van der Waals surface area contributed by atoms with Gasteiger partial charge in [-0.15, -0.1) is 35.3 Å². The molecule has 4 nitrogen and oxygen atoms in total. The highest BCUT2D eigenvalue weighted by Crippen LogP contribution is 2.47. The third-order valence-corrected chi connectivity index (χ3v) is 5.82. The van der Waals surface area contributed by atoms with E-state index in [-0.39, 0.29) is 24.0 Å². The Morgan fingerprint density at radius 2 is 2.23 bits per heavy atom. The van der Waals surface area contributed by atoms with Crippen LogP contribution in [-0.4, -0.2) is 35.5 Å². The van der Waals surface area contributed by atoms with E-state index in [4.69, 9.17) is 4.99 Å². The van der Waals surface area contributed by atoms with Gasteiger partial charge in [0.05, 0.1) is 17.2 Å². The Bertz CT molecular complexity index is 510. The number of hydrogen-bond acceptors (Lipinski definition) is 3. The Hall–Kier alpha value is -0.370. The van der Waals surface area contributed by atoms with Crippen LogP contribution in [0.25, 0.3) is 0 Å². The Morgan fingerprint density at radius 1 is 1.41 bits per heavy atom. The van der Waals surface area contributed by atoms with Crippen LogP contribution in [0.5, 0.6) is 0 Å². The van der Waals surface area contributed by atoms with Crippen LogP contribution in [0.3, 0.4) is 0 Å². The largest absolute Gasteiger partial charge is 0.357 e. The van der Waals surface area contributed by atoms with Crippen molar-refractivity contribution < 1.29 is 0 Å². The van der Waals surface area contributed by atoms with Gasteiger partial charge in [0.25, 0.3) is 0 Å². The minimum atomic E-state index is 0. The highest BCUT2D eigenvalue weighted by Gasteiger charge is 2.43. The molecule has 1 saturated carbocycles. The highest BCUT2D eigenvalue weighted by molar-refractivity contribution is 14.0. The molecule has 3 rings (SSSR count). The zero-order valence-corrected chi connectivity index (χ0v) is 16.7. The summed E-state index contributed by atoms with van der Waals surface area (Å²) < 4.78 is 0. The molecule has 1 aliphatic heterocycles. The molecule has 0 unspecified atom stereocenters. The smallest absolute Gasteiger partial charge is 0.194 e. The molecule has 22 heavy (non-hydrogen) atoms. The summed E-state index contributed by atoms with van der Waals surface area (Å²) in [6.07, 6.45) is 6.60. The van der Waals surface area contributed by atoms with Gasteiger partial charge in [0.1, 0.15) is 0 Å². The fourth-order valence-corrected chi connectivity index (χ4v) is 4.10. The van der Waals surface area contributed by atoms with E-state index in [1.54, 1.807) is 11.3 Å². The van der Waals surface area contributed by atoms with Crippen molar-refractivity contribution in [2.45, 2.75) is 52.5 Å². The van der Waals surface area contributed by atoms with Gasteiger partial charge >= 0.3 is 0 Å². The Labute approximate surface area is 154 Å². The molecule has 0 aromatic carbocycles. The molecular weight excluding hydrogens is 407 g/mol. The van der Waals surface area contributed by atoms with E-state index in [1.165, 1.54) is 37.2 Å². The predicted octanol–water partition coefficient (Wildman–Crippen LogP) is 3.67. The van der Waals surface area contributed by atoms with Gasteiger partial charge in [-0.1, -0.05) is 13.3 Å². The first kappa shape index (κ1) is 18.0. The summed E-state index contributed by atoms with van der Waals surface area (Å²) in [6.45, 7) is 8.27. The van der Waals surface area contributed by atoms with Crippen LogP contribution >= 0.6 is 35.3 Å². The van der Waals surface area contributed by atoms with Crippen molar-refractivity contribution in [3.8, 4) is 0 Å². The molecule has 1 aromatic heterocycles. The average Bonchev–Trinajstić information content (AvgIpc) is 3.09. The van der Waals surface area contributed by atoms with Crippen molar-refractivity contribution >= 4 is 41.3 Å². The summed E-state index contributed by atoms with van der Waals surface area (Å²) in [5.41, 5.74) is 1.72. The standard InChI is InChI=1S/C16H26N4S.HI/c1-3-14-19-13(11-21-14)10-18-15(17-4-2)20-9-8-16(12-20)6-5-7-16;/h11H,3-10,12H2,1-2H3,(H,17,18);1H. The first-order chi connectivity index (χ1) is 10.2. The summed E-state index contributed by atoms with van der Waals surface area (Å²) in [4.78, 5) is 11.9. The quantitative estimate of drug-likeness (QED) is 0.447. The van der Waals surface area contributed by atoms with Crippen LogP contribution in [0.2, 0.25) is 0 Å². The first-order valence-electron chi connectivity index (χ1n) is 8.21. The number of hydrogen-bond donors (Lipinski definition) is 1. The van der Waals surface area contributed by atoms with Gasteiger partial charge in [0.2, 0.25) is 0 Å². The van der Waals surface area contributed by atoms with Crippen LogP contribution in [-0.2, 0) is 13.0 Å². The van der Waals surface area contributed by atoms with Gasteiger partial charge in [-0.25, -0.2) is 9.98 Å². The number of likely N-dealkylation sites (tertiary alicyclic amines) is 1. The molecule has 0 bridgehead atoms. The lowest BCUT2D eigenvalue weighted by atomic mass is 9.68. The van der Waals surface area contributed by atoms with Gasteiger partial charge in [-0.2, -0.15) is 0 Å². The summed E-state index contributed by atoms with van der Waals surface area (Å²) in [5, 5.41) is 6.80. The van der Waals surface area contributed by atoms with Crippen LogP contribution in [0, 0.1) is 5.41 Å². The zero-order valence-electron chi connectivity index (χ0n) is 13.6. The lowest BCUT2D eigenvalue weighted by Crippen LogP contribution is -2.42. The summed E-state index contributed by atoms with van der Waals surface area (Å²) in [7, 11) is 0. The van der Waals surface area contributed by atoms with Crippen molar-refractivity contribution in [2.75, 3.05) is 19.6 Å². The zero-order chi connectivity index (χ0) is 14.7. The fraction of sp³-hybridized carbons (Fsp3) is 0.750. The van der Waals surface area contributed by atoms with E-state index in [9.17, 15) is 0 Å². The van der Waals surface area contributed by atoms with Crippen molar-refractivity contribution in [2.24, 2.45) is 10.4 Å². The molecule has 1 aliphatic carbocycles. The van der Waals surface area contributed by atoms with E-state index >= 15 is 0 Å². The number of halogens is 1. The normalized spacial score (nSPS) is 19.9. The van der Waals surface area contributed by atoms with Crippen LogP contribution < -0.4 is 5.32 Å². The predicted molar refractivity (Wildman–Crippen MR) is 104 cm³/mol. The van der Waals surface area contributed by atoms with Crippen molar-refractivity contribution in [3.63, 3.8) is 0 Å². The van der Waals surface area contributed by atoms with Crippen LogP contribution in [0.4, 0.5) is 0 Å². The molecule has 0 radical (unpaired) electrons. The van der Waals surface area contributed by atoms with E-state index in [1.807, 2.05) is 0 Å². The van der Waals surface area contributed by atoms with Crippen molar-refractivity contribution in [1.82, 2.24) is 15.2 Å². The second-order valence-electron chi connectivity index (χ2n) is 6.28. The van der Waals surface area contributed by atoms with Gasteiger partial charge in [-0.05, 0) is 38.0 Å². The molecule has 124 valence electrons. The Balaban J connectivity index is 0.00000176.